The van der Waals surface area contributed by atoms with Crippen molar-refractivity contribution in [3.8, 4) is 0 Å². The molecule has 0 spiro atoms. The molecule has 100 valence electrons. The normalized spacial score (nSPS) is 12.2. The summed E-state index contributed by atoms with van der Waals surface area (Å²) >= 11 is 1.42. The van der Waals surface area contributed by atoms with Crippen LogP contribution in [-0.2, 0) is 0 Å². The van der Waals surface area contributed by atoms with Crippen LogP contribution >= 0.6 is 11.8 Å². The molecule has 7 heteroatoms. The third kappa shape index (κ3) is 3.56. The Morgan fingerprint density at radius 2 is 2.11 bits per heavy atom. The Morgan fingerprint density at radius 3 is 2.61 bits per heavy atom. The fourth-order valence-electron chi connectivity index (χ4n) is 1.34. The van der Waals surface area contributed by atoms with Gasteiger partial charge in [0.2, 0.25) is 5.95 Å². The second-order valence-corrected chi connectivity index (χ2v) is 5.34. The van der Waals surface area contributed by atoms with Gasteiger partial charge in [0.1, 0.15) is 5.69 Å². The average molecular weight is 270 g/mol. The van der Waals surface area contributed by atoms with Crippen molar-refractivity contribution in [3.63, 3.8) is 0 Å². The van der Waals surface area contributed by atoms with Crippen molar-refractivity contribution >= 4 is 23.4 Å². The monoisotopic (exact) mass is 270 g/mol. The van der Waals surface area contributed by atoms with Gasteiger partial charge < -0.3 is 5.32 Å². The zero-order valence-corrected chi connectivity index (χ0v) is 11.9. The molecule has 18 heavy (non-hydrogen) atoms. The maximum atomic E-state index is 11.1. The maximum absolute atomic E-state index is 11.1. The summed E-state index contributed by atoms with van der Waals surface area (Å²) in [6, 6.07) is 0. The number of aromatic nitrogens is 2. The van der Waals surface area contributed by atoms with E-state index in [1.807, 2.05) is 20.8 Å². The first-order chi connectivity index (χ1) is 8.49. The van der Waals surface area contributed by atoms with Crippen LogP contribution in [0.4, 0.5) is 11.6 Å². The SMILES string of the molecule is CCNc1nc(C)c([N+](=O)[O-])c(SC(C)CC)n1. The van der Waals surface area contributed by atoms with Crippen LogP contribution in [0.1, 0.15) is 32.9 Å². The van der Waals surface area contributed by atoms with Gasteiger partial charge in [-0.05, 0) is 20.3 Å². The minimum Gasteiger partial charge on any atom is -0.354 e. The van der Waals surface area contributed by atoms with Crippen molar-refractivity contribution in [2.24, 2.45) is 0 Å². The molecule has 1 rings (SSSR count). The van der Waals surface area contributed by atoms with Gasteiger partial charge in [-0.3, -0.25) is 10.1 Å². The molecule has 1 unspecified atom stereocenters. The third-order valence-corrected chi connectivity index (χ3v) is 3.68. The van der Waals surface area contributed by atoms with Crippen LogP contribution in [0.3, 0.4) is 0 Å². The Bertz CT molecular complexity index is 439. The maximum Gasteiger partial charge on any atom is 0.322 e. The Morgan fingerprint density at radius 1 is 1.44 bits per heavy atom. The quantitative estimate of drug-likeness (QED) is 0.370. The van der Waals surface area contributed by atoms with Crippen molar-refractivity contribution in [1.29, 1.82) is 0 Å². The summed E-state index contributed by atoms with van der Waals surface area (Å²) in [5.74, 6) is 0.450. The highest BCUT2D eigenvalue weighted by atomic mass is 32.2. The van der Waals surface area contributed by atoms with Gasteiger partial charge in [0.05, 0.1) is 4.92 Å². The second kappa shape index (κ2) is 6.53. The molecule has 6 nitrogen and oxygen atoms in total. The van der Waals surface area contributed by atoms with Crippen molar-refractivity contribution in [1.82, 2.24) is 9.97 Å². The van der Waals surface area contributed by atoms with Crippen LogP contribution in [0.5, 0.6) is 0 Å². The summed E-state index contributed by atoms with van der Waals surface area (Å²) in [4.78, 5) is 19.0. The lowest BCUT2D eigenvalue weighted by molar-refractivity contribution is -0.389. The number of thioether (sulfide) groups is 1. The number of nitro groups is 1. The van der Waals surface area contributed by atoms with E-state index in [9.17, 15) is 10.1 Å². The van der Waals surface area contributed by atoms with Crippen LogP contribution in [-0.4, -0.2) is 26.7 Å². The van der Waals surface area contributed by atoms with E-state index in [0.717, 1.165) is 6.42 Å². The molecule has 0 bridgehead atoms. The predicted molar refractivity (Wildman–Crippen MR) is 73.2 cm³/mol. The van der Waals surface area contributed by atoms with Crippen molar-refractivity contribution in [2.45, 2.75) is 44.4 Å². The number of nitrogens with zero attached hydrogens (tertiary/aromatic N) is 3. The minimum atomic E-state index is -0.407. The summed E-state index contributed by atoms with van der Waals surface area (Å²) in [5.41, 5.74) is 0.415. The summed E-state index contributed by atoms with van der Waals surface area (Å²) < 4.78 is 0. The lowest BCUT2D eigenvalue weighted by Crippen LogP contribution is -2.08. The first kappa shape index (κ1) is 14.7. The molecule has 0 saturated heterocycles. The molecule has 0 saturated carbocycles. The Hall–Kier alpha value is -1.37. The van der Waals surface area contributed by atoms with E-state index in [2.05, 4.69) is 15.3 Å². The Balaban J connectivity index is 3.19. The molecule has 0 aromatic carbocycles. The summed E-state index contributed by atoms with van der Waals surface area (Å²) in [6.07, 6.45) is 0.932. The van der Waals surface area contributed by atoms with Crippen LogP contribution in [0, 0.1) is 17.0 Å². The van der Waals surface area contributed by atoms with Gasteiger partial charge in [0.25, 0.3) is 0 Å². The highest BCUT2D eigenvalue weighted by Gasteiger charge is 2.23. The van der Waals surface area contributed by atoms with E-state index in [1.54, 1.807) is 6.92 Å². The first-order valence-corrected chi connectivity index (χ1v) is 6.81. The van der Waals surface area contributed by atoms with Gasteiger partial charge in [-0.25, -0.2) is 4.98 Å². The van der Waals surface area contributed by atoms with E-state index < -0.39 is 4.92 Å². The number of anilines is 1. The molecule has 0 aliphatic carbocycles. The van der Waals surface area contributed by atoms with Gasteiger partial charge in [0, 0.05) is 11.8 Å². The fourth-order valence-corrected chi connectivity index (χ4v) is 2.36. The zero-order valence-electron chi connectivity index (χ0n) is 11.1. The van der Waals surface area contributed by atoms with Gasteiger partial charge in [0.15, 0.2) is 5.03 Å². The number of rotatable bonds is 6. The highest BCUT2D eigenvalue weighted by molar-refractivity contribution is 8.00. The second-order valence-electron chi connectivity index (χ2n) is 3.91. The van der Waals surface area contributed by atoms with Gasteiger partial charge in [-0.1, -0.05) is 25.6 Å². The molecule has 1 heterocycles. The van der Waals surface area contributed by atoms with Crippen molar-refractivity contribution in [2.75, 3.05) is 11.9 Å². The smallest absolute Gasteiger partial charge is 0.322 e. The Kier molecular flexibility index (Phi) is 5.33. The summed E-state index contributed by atoms with van der Waals surface area (Å²) in [5, 5.41) is 14.8. The van der Waals surface area contributed by atoms with Crippen LogP contribution in [0.15, 0.2) is 5.03 Å². The molecule has 1 aromatic rings. The molecule has 1 aromatic heterocycles. The highest BCUT2D eigenvalue weighted by Crippen LogP contribution is 2.33. The van der Waals surface area contributed by atoms with E-state index in [0.29, 0.717) is 23.2 Å². The number of aryl methyl sites for hydroxylation is 1. The van der Waals surface area contributed by atoms with Gasteiger partial charge in [-0.2, -0.15) is 4.98 Å². The zero-order chi connectivity index (χ0) is 13.7. The third-order valence-electron chi connectivity index (χ3n) is 2.43. The number of hydrogen-bond donors (Lipinski definition) is 1. The van der Waals surface area contributed by atoms with Crippen molar-refractivity contribution < 1.29 is 4.92 Å². The summed E-state index contributed by atoms with van der Waals surface area (Å²) in [6.45, 7) is 8.33. The molecule has 0 aliphatic rings. The predicted octanol–water partition coefficient (Wildman–Crippen LogP) is 3.02. The van der Waals surface area contributed by atoms with Gasteiger partial charge >= 0.3 is 5.69 Å². The molecular weight excluding hydrogens is 252 g/mol. The van der Waals surface area contributed by atoms with E-state index in [-0.39, 0.29) is 10.9 Å². The lowest BCUT2D eigenvalue weighted by Gasteiger charge is -2.10. The van der Waals surface area contributed by atoms with E-state index in [1.165, 1.54) is 11.8 Å². The summed E-state index contributed by atoms with van der Waals surface area (Å²) in [7, 11) is 0. The van der Waals surface area contributed by atoms with Crippen LogP contribution in [0.2, 0.25) is 0 Å². The van der Waals surface area contributed by atoms with Crippen LogP contribution < -0.4 is 5.32 Å². The fraction of sp³-hybridized carbons (Fsp3) is 0.636. The minimum absolute atomic E-state index is 0.0157. The molecule has 1 N–H and O–H groups in total. The Labute approximate surface area is 111 Å². The molecular formula is C11H18N4O2S. The standard InChI is InChI=1S/C11H18N4O2S/c1-5-7(3)18-10-9(15(16)17)8(4)13-11(14-10)12-6-2/h7H,5-6H2,1-4H3,(H,12,13,14). The molecule has 0 aliphatic heterocycles. The first-order valence-electron chi connectivity index (χ1n) is 5.93. The van der Waals surface area contributed by atoms with E-state index in [4.69, 9.17) is 0 Å². The van der Waals surface area contributed by atoms with Gasteiger partial charge in [-0.15, -0.1) is 0 Å². The topological polar surface area (TPSA) is 81.0 Å². The average Bonchev–Trinajstić information content (AvgIpc) is 2.28. The molecule has 1 atom stereocenters. The number of hydrogen-bond acceptors (Lipinski definition) is 6. The van der Waals surface area contributed by atoms with Crippen molar-refractivity contribution in [3.05, 3.63) is 15.8 Å². The molecule has 0 amide bonds. The van der Waals surface area contributed by atoms with Crippen LogP contribution in [0.25, 0.3) is 0 Å². The number of nitrogens with one attached hydrogen (secondary N) is 1. The molecule has 0 fully saturated rings. The molecule has 0 radical (unpaired) electrons. The largest absolute Gasteiger partial charge is 0.354 e. The van der Waals surface area contributed by atoms with E-state index >= 15 is 0 Å². The lowest BCUT2D eigenvalue weighted by atomic mass is 10.4.